The molecule has 1 aromatic rings. The molecule has 1 fully saturated rings. The van der Waals surface area contributed by atoms with Gasteiger partial charge < -0.3 is 9.84 Å². The molecule has 0 bridgehead atoms. The Morgan fingerprint density at radius 1 is 1.29 bits per heavy atom. The van der Waals surface area contributed by atoms with Crippen LogP contribution in [-0.4, -0.2) is 10.7 Å². The summed E-state index contributed by atoms with van der Waals surface area (Å²) in [5.74, 6) is 2.41. The molecule has 1 saturated carbocycles. The van der Waals surface area contributed by atoms with E-state index in [4.69, 9.17) is 4.74 Å². The summed E-state index contributed by atoms with van der Waals surface area (Å²) in [5, 5.41) is 10.5. The Bertz CT molecular complexity index is 514. The highest BCUT2D eigenvalue weighted by Crippen LogP contribution is 2.47. The first-order chi connectivity index (χ1) is 9.99. The fourth-order valence-corrected chi connectivity index (χ4v) is 4.33. The third-order valence-electron chi connectivity index (χ3n) is 5.35. The van der Waals surface area contributed by atoms with Crippen molar-refractivity contribution in [3.63, 3.8) is 0 Å². The standard InChI is InChI=1S/C18H25BrO2/c1-12(2)13-4-3-8-18(9-7-13)11-16(20)15-6-5-14(19)10-17(15)21-18/h5-6,10,12-13,16,20H,3-4,7-9,11H2,1-2H3/t13?,16-,18?/m0/s1. The lowest BCUT2D eigenvalue weighted by molar-refractivity contribution is -0.0254. The summed E-state index contributed by atoms with van der Waals surface area (Å²) < 4.78 is 7.44. The van der Waals surface area contributed by atoms with Crippen LogP contribution in [0.4, 0.5) is 0 Å². The lowest BCUT2D eigenvalue weighted by Gasteiger charge is -2.40. The summed E-state index contributed by atoms with van der Waals surface area (Å²) in [6.45, 7) is 4.65. The Kier molecular flexibility index (Phi) is 4.33. The predicted octanol–water partition coefficient (Wildman–Crippen LogP) is 5.24. The lowest BCUT2D eigenvalue weighted by Crippen LogP contribution is -2.40. The molecule has 1 spiro atoms. The van der Waals surface area contributed by atoms with Crippen LogP contribution in [0.5, 0.6) is 5.75 Å². The highest BCUT2D eigenvalue weighted by Gasteiger charge is 2.42. The Morgan fingerprint density at radius 3 is 2.86 bits per heavy atom. The van der Waals surface area contributed by atoms with Crippen LogP contribution in [0.3, 0.4) is 0 Å². The van der Waals surface area contributed by atoms with Crippen molar-refractivity contribution >= 4 is 15.9 Å². The third-order valence-corrected chi connectivity index (χ3v) is 5.84. The molecule has 0 aromatic heterocycles. The van der Waals surface area contributed by atoms with Gasteiger partial charge in [0.05, 0.1) is 6.10 Å². The summed E-state index contributed by atoms with van der Waals surface area (Å²) in [5.41, 5.74) is 0.783. The van der Waals surface area contributed by atoms with Crippen molar-refractivity contribution < 1.29 is 9.84 Å². The first-order valence-corrected chi connectivity index (χ1v) is 8.95. The smallest absolute Gasteiger partial charge is 0.127 e. The average Bonchev–Trinajstić information content (AvgIpc) is 2.61. The first-order valence-electron chi connectivity index (χ1n) is 8.16. The van der Waals surface area contributed by atoms with Crippen molar-refractivity contribution in [1.29, 1.82) is 0 Å². The monoisotopic (exact) mass is 352 g/mol. The zero-order valence-electron chi connectivity index (χ0n) is 12.9. The highest BCUT2D eigenvalue weighted by atomic mass is 79.9. The third kappa shape index (κ3) is 3.14. The molecular formula is C18H25BrO2. The average molecular weight is 353 g/mol. The van der Waals surface area contributed by atoms with Gasteiger partial charge in [-0.2, -0.15) is 0 Å². The molecule has 1 aliphatic carbocycles. The van der Waals surface area contributed by atoms with Gasteiger partial charge >= 0.3 is 0 Å². The second kappa shape index (κ2) is 5.92. The zero-order valence-corrected chi connectivity index (χ0v) is 14.5. The number of hydrogen-bond acceptors (Lipinski definition) is 2. The number of benzene rings is 1. The molecule has 1 aromatic carbocycles. The van der Waals surface area contributed by atoms with Crippen molar-refractivity contribution in [2.24, 2.45) is 11.8 Å². The number of rotatable bonds is 1. The van der Waals surface area contributed by atoms with E-state index < -0.39 is 6.10 Å². The SMILES string of the molecule is CC(C)C1CCCC2(CC1)C[C@H](O)c1ccc(Br)cc1O2. The lowest BCUT2D eigenvalue weighted by atomic mass is 9.82. The summed E-state index contributed by atoms with van der Waals surface area (Å²) in [6.07, 6.45) is 6.21. The maximum absolute atomic E-state index is 10.5. The topological polar surface area (TPSA) is 29.5 Å². The van der Waals surface area contributed by atoms with Gasteiger partial charge in [-0.1, -0.05) is 42.3 Å². The minimum absolute atomic E-state index is 0.156. The number of aliphatic hydroxyl groups is 1. The van der Waals surface area contributed by atoms with Gasteiger partial charge in [0.15, 0.2) is 0 Å². The van der Waals surface area contributed by atoms with Crippen molar-refractivity contribution in [1.82, 2.24) is 0 Å². The minimum atomic E-state index is -0.391. The number of aliphatic hydroxyl groups excluding tert-OH is 1. The van der Waals surface area contributed by atoms with Crippen molar-refractivity contribution in [3.05, 3.63) is 28.2 Å². The number of fused-ring (bicyclic) bond motifs is 1. The Labute approximate surface area is 136 Å². The first kappa shape index (κ1) is 15.4. The largest absolute Gasteiger partial charge is 0.487 e. The van der Waals surface area contributed by atoms with Crippen LogP contribution in [0.25, 0.3) is 0 Å². The molecule has 21 heavy (non-hydrogen) atoms. The molecule has 3 atom stereocenters. The molecule has 2 nitrogen and oxygen atoms in total. The van der Waals surface area contributed by atoms with Gasteiger partial charge in [-0.15, -0.1) is 0 Å². The number of hydrogen-bond donors (Lipinski definition) is 1. The van der Waals surface area contributed by atoms with Crippen LogP contribution < -0.4 is 4.74 Å². The van der Waals surface area contributed by atoms with Crippen LogP contribution in [0.1, 0.15) is 64.0 Å². The molecule has 0 radical (unpaired) electrons. The molecule has 3 heteroatoms. The molecule has 0 saturated heterocycles. The number of ether oxygens (including phenoxy) is 1. The zero-order chi connectivity index (χ0) is 15.0. The van der Waals surface area contributed by atoms with E-state index in [0.29, 0.717) is 0 Å². The Morgan fingerprint density at radius 2 is 2.10 bits per heavy atom. The van der Waals surface area contributed by atoms with Gasteiger partial charge in [0.1, 0.15) is 11.4 Å². The van der Waals surface area contributed by atoms with E-state index in [2.05, 4.69) is 29.8 Å². The fraction of sp³-hybridized carbons (Fsp3) is 0.667. The summed E-state index contributed by atoms with van der Waals surface area (Å²) in [4.78, 5) is 0. The van der Waals surface area contributed by atoms with E-state index in [9.17, 15) is 5.11 Å². The predicted molar refractivity (Wildman–Crippen MR) is 88.5 cm³/mol. The molecule has 1 aliphatic heterocycles. The van der Waals surface area contributed by atoms with Crippen molar-refractivity contribution in [2.45, 2.75) is 64.1 Å². The van der Waals surface area contributed by atoms with Crippen molar-refractivity contribution in [2.75, 3.05) is 0 Å². The van der Waals surface area contributed by atoms with Gasteiger partial charge in [0.25, 0.3) is 0 Å². The summed E-state index contributed by atoms with van der Waals surface area (Å²) in [6, 6.07) is 5.96. The second-order valence-corrected chi connectivity index (χ2v) is 8.04. The van der Waals surface area contributed by atoms with Crippen LogP contribution in [0.2, 0.25) is 0 Å². The van der Waals surface area contributed by atoms with Gasteiger partial charge in [-0.05, 0) is 49.7 Å². The maximum Gasteiger partial charge on any atom is 0.127 e. The summed E-state index contributed by atoms with van der Waals surface area (Å²) >= 11 is 3.51. The molecular weight excluding hydrogens is 328 g/mol. The van der Waals surface area contributed by atoms with E-state index in [1.54, 1.807) is 0 Å². The van der Waals surface area contributed by atoms with Crippen LogP contribution >= 0.6 is 15.9 Å². The van der Waals surface area contributed by atoms with E-state index in [0.717, 1.165) is 46.9 Å². The molecule has 116 valence electrons. The van der Waals surface area contributed by atoms with E-state index in [1.165, 1.54) is 19.3 Å². The van der Waals surface area contributed by atoms with Gasteiger partial charge in [0.2, 0.25) is 0 Å². The molecule has 2 aliphatic rings. The van der Waals surface area contributed by atoms with Crippen molar-refractivity contribution in [3.8, 4) is 5.75 Å². The minimum Gasteiger partial charge on any atom is -0.487 e. The van der Waals surface area contributed by atoms with E-state index in [-0.39, 0.29) is 5.60 Å². The molecule has 1 N–H and O–H groups in total. The molecule has 3 rings (SSSR count). The molecule has 0 amide bonds. The highest BCUT2D eigenvalue weighted by molar-refractivity contribution is 9.10. The Balaban J connectivity index is 1.83. The van der Waals surface area contributed by atoms with Crippen LogP contribution in [0.15, 0.2) is 22.7 Å². The van der Waals surface area contributed by atoms with Gasteiger partial charge in [-0.3, -0.25) is 0 Å². The maximum atomic E-state index is 10.5. The summed E-state index contributed by atoms with van der Waals surface area (Å²) in [7, 11) is 0. The van der Waals surface area contributed by atoms with Gasteiger partial charge in [-0.25, -0.2) is 0 Å². The van der Waals surface area contributed by atoms with E-state index in [1.807, 2.05) is 18.2 Å². The fourth-order valence-electron chi connectivity index (χ4n) is 3.99. The normalized spacial score (nSPS) is 32.6. The quantitative estimate of drug-likeness (QED) is 0.748. The van der Waals surface area contributed by atoms with E-state index >= 15 is 0 Å². The van der Waals surface area contributed by atoms with Crippen LogP contribution in [-0.2, 0) is 0 Å². The van der Waals surface area contributed by atoms with Gasteiger partial charge in [0, 0.05) is 16.5 Å². The Hall–Kier alpha value is -0.540. The van der Waals surface area contributed by atoms with Crippen LogP contribution in [0, 0.1) is 11.8 Å². The number of halogens is 1. The molecule has 1 heterocycles. The molecule has 2 unspecified atom stereocenters. The second-order valence-electron chi connectivity index (χ2n) is 7.12.